The van der Waals surface area contributed by atoms with Gasteiger partial charge in [0.25, 0.3) is 0 Å². The van der Waals surface area contributed by atoms with Crippen molar-refractivity contribution in [1.82, 2.24) is 0 Å². The smallest absolute Gasteiger partial charge is 0.201 e. The second-order valence-electron chi connectivity index (χ2n) is 31.8. The summed E-state index contributed by atoms with van der Waals surface area (Å²) < 4.78 is 106. The first-order chi connectivity index (χ1) is 54.7. The van der Waals surface area contributed by atoms with Crippen molar-refractivity contribution in [3.05, 3.63) is 308 Å². The molecule has 12 rings (SSSR count). The number of aryl methyl sites for hydroxylation is 14. The highest BCUT2D eigenvalue weighted by Gasteiger charge is 2.26. The zero-order chi connectivity index (χ0) is 87.6. The van der Waals surface area contributed by atoms with Crippen LogP contribution in [0.3, 0.4) is 0 Å². The maximum Gasteiger partial charge on any atom is 0.212 e. The number of hydrogen-bond donors (Lipinski definition) is 0. The van der Waals surface area contributed by atoms with Gasteiger partial charge >= 0.3 is 0 Å². The maximum atomic E-state index is 8.70. The number of benzene rings is 8. The van der Waals surface area contributed by atoms with Crippen LogP contribution in [0, 0.1) is 74.4 Å². The molecule has 106 heavy (non-hydrogen) atoms. The third kappa shape index (κ3) is 19.1. The Kier molecular flexibility index (Phi) is 21.2. The minimum atomic E-state index is -2.35. The molecule has 4 aromatic heterocycles. The van der Waals surface area contributed by atoms with Crippen molar-refractivity contribution in [2.45, 2.75) is 195 Å². The highest BCUT2D eigenvalue weighted by Crippen LogP contribution is 2.39. The molecule has 4 nitrogen and oxygen atoms in total. The quantitative estimate of drug-likeness (QED) is 0.0965. The van der Waals surface area contributed by atoms with Crippen molar-refractivity contribution in [2.75, 3.05) is 0 Å². The number of aromatic nitrogens is 4. The molecule has 4 heteroatoms. The molecule has 0 spiro atoms. The third-order valence-electron chi connectivity index (χ3n) is 20.4. The second kappa shape index (κ2) is 34.7. The van der Waals surface area contributed by atoms with Crippen LogP contribution in [-0.4, -0.2) is 0 Å². The molecule has 0 saturated heterocycles. The first-order valence-electron chi connectivity index (χ1n) is 43.5. The third-order valence-corrected chi connectivity index (χ3v) is 20.4. The van der Waals surface area contributed by atoms with Crippen LogP contribution < -0.4 is 18.3 Å². The van der Waals surface area contributed by atoms with Gasteiger partial charge in [0, 0.05) is 85.2 Å². The molecule has 0 saturated carbocycles. The molecule has 0 radical (unpaired) electrons. The summed E-state index contributed by atoms with van der Waals surface area (Å²) in [5.74, 6) is -1.81. The Labute approximate surface area is 657 Å². The molecule has 0 unspecified atom stereocenters. The Morgan fingerprint density at radius 3 is 0.896 bits per heavy atom. The van der Waals surface area contributed by atoms with Gasteiger partial charge in [-0.2, -0.15) is 0 Å². The molecule has 0 atom stereocenters. The van der Waals surface area contributed by atoms with E-state index in [0.717, 1.165) is 62.3 Å². The van der Waals surface area contributed by atoms with Crippen molar-refractivity contribution in [3.63, 3.8) is 0 Å². The average Bonchev–Trinajstić information content (AvgIpc) is 0.773. The lowest BCUT2D eigenvalue weighted by Crippen LogP contribution is -2.32. The lowest BCUT2D eigenvalue weighted by Gasteiger charge is -2.19. The Morgan fingerprint density at radius 1 is 0.283 bits per heavy atom. The Balaban J connectivity index is 0.000000180. The van der Waals surface area contributed by atoms with Gasteiger partial charge in [0.15, 0.2) is 24.8 Å². The first-order valence-corrected chi connectivity index (χ1v) is 37.5. The van der Waals surface area contributed by atoms with Crippen LogP contribution in [0.1, 0.15) is 225 Å². The van der Waals surface area contributed by atoms with Gasteiger partial charge < -0.3 is 0 Å². The minimum absolute atomic E-state index is 0.142. The fourth-order valence-corrected chi connectivity index (χ4v) is 14.6. The number of pyridine rings is 4. The average molecular weight is 1420 g/mol. The lowest BCUT2D eigenvalue weighted by molar-refractivity contribution is -0.661. The molecule has 0 fully saturated rings. The number of rotatable bonds is 14. The second-order valence-corrected chi connectivity index (χ2v) is 31.8. The van der Waals surface area contributed by atoms with Crippen LogP contribution in [-0.2, 0) is 34.6 Å². The van der Waals surface area contributed by atoms with Crippen LogP contribution in [0.15, 0.2) is 219 Å². The van der Waals surface area contributed by atoms with Gasteiger partial charge in [-0.15, -0.1) is 0 Å². The molecule has 12 aromatic rings. The van der Waals surface area contributed by atoms with Crippen molar-refractivity contribution >= 4 is 0 Å². The highest BCUT2D eigenvalue weighted by atomic mass is 14.9. The zero-order valence-corrected chi connectivity index (χ0v) is 67.9. The summed E-state index contributed by atoms with van der Waals surface area (Å²) in [6.45, 7) is 34.7. The molecule has 4 heterocycles. The largest absolute Gasteiger partial charge is 0.212 e. The molecule has 0 aliphatic rings. The summed E-state index contributed by atoms with van der Waals surface area (Å²) in [5, 5.41) is 0. The minimum Gasteiger partial charge on any atom is -0.201 e. The van der Waals surface area contributed by atoms with Crippen molar-refractivity contribution in [3.8, 4) is 89.5 Å². The number of nitrogens with zero attached hydrogens (tertiary/aromatic N) is 4. The predicted octanol–water partition coefficient (Wildman–Crippen LogP) is 25.7. The van der Waals surface area contributed by atoms with Crippen LogP contribution >= 0.6 is 0 Å². The van der Waals surface area contributed by atoms with Crippen molar-refractivity contribution in [2.24, 2.45) is 33.6 Å². The summed E-state index contributed by atoms with van der Waals surface area (Å²) in [4.78, 5) is 0. The Hall–Kier alpha value is -9.64. The molecule has 0 amide bonds. The monoisotopic (exact) mass is 1420 g/mol. The molecule has 0 aliphatic heterocycles. The maximum absolute atomic E-state index is 8.70. The lowest BCUT2D eigenvalue weighted by atomic mass is 9.86. The van der Waals surface area contributed by atoms with E-state index in [4.69, 9.17) is 16.4 Å². The summed E-state index contributed by atoms with van der Waals surface area (Å²) in [6.07, 6.45) is 9.24. The normalized spacial score (nSPS) is 13.8. The van der Waals surface area contributed by atoms with Gasteiger partial charge in [-0.1, -0.05) is 236 Å². The molecule has 0 N–H and O–H groups in total. The van der Waals surface area contributed by atoms with Gasteiger partial charge in [0.1, 0.15) is 28.2 Å². The fourth-order valence-electron chi connectivity index (χ4n) is 14.6. The van der Waals surface area contributed by atoms with E-state index in [1.54, 1.807) is 49.9 Å². The van der Waals surface area contributed by atoms with Crippen LogP contribution in [0.5, 0.6) is 0 Å². The zero-order valence-electron chi connectivity index (χ0n) is 79.9. The van der Waals surface area contributed by atoms with Gasteiger partial charge in [-0.3, -0.25) is 0 Å². The van der Waals surface area contributed by atoms with Crippen LogP contribution in [0.4, 0.5) is 0 Å². The molecule has 0 aliphatic carbocycles. The van der Waals surface area contributed by atoms with E-state index >= 15 is 0 Å². The Morgan fingerprint density at radius 2 is 0.566 bits per heavy atom. The van der Waals surface area contributed by atoms with E-state index in [1.165, 1.54) is 89.3 Å². The summed E-state index contributed by atoms with van der Waals surface area (Å²) in [5.41, 5.74) is 32.4. The van der Waals surface area contributed by atoms with Gasteiger partial charge in [-0.05, 0) is 246 Å². The summed E-state index contributed by atoms with van der Waals surface area (Å²) in [6, 6.07) is 65.5. The van der Waals surface area contributed by atoms with E-state index in [1.807, 2.05) is 138 Å². The van der Waals surface area contributed by atoms with Crippen molar-refractivity contribution in [1.29, 1.82) is 0 Å². The van der Waals surface area contributed by atoms with Crippen LogP contribution in [0.2, 0.25) is 0 Å². The van der Waals surface area contributed by atoms with Crippen LogP contribution in [0.25, 0.3) is 89.5 Å². The van der Waals surface area contributed by atoms with Gasteiger partial charge in [0.2, 0.25) is 22.8 Å². The summed E-state index contributed by atoms with van der Waals surface area (Å²) >= 11 is 0. The van der Waals surface area contributed by atoms with E-state index in [9.17, 15) is 0 Å². The molecular formula is C102H124N4+4. The van der Waals surface area contributed by atoms with E-state index in [-0.39, 0.29) is 11.1 Å². The van der Waals surface area contributed by atoms with E-state index < -0.39 is 38.2 Å². The standard InChI is InChI=1S/3C26H32N.C24H28N/c1-18-14-25(27(7)17-22(18)16-26(4,5)6)24-15-23(19(2)13-20(24)3)21-11-9-8-10-12-21;2*1-17(2)22-15-26(27(7)16-25(22)18(3)4)24-14-23(19(5)13-20(24)6)21-11-9-8-10-12-21;1-16(2)21-14-24(25(6)15-19(21)5)23-13-22(17(3)12-18(23)4)20-10-8-7-9-11-20/h8-15,17H,16H2,1-7H3;2*8-18H,1-7H3;7-16H,1-6H3/q4*+1/i;5D3,17D,18D;;3D3,5D3,16D. The fraction of sp³-hybridized carbons (Fsp3) is 0.333. The molecule has 0 bridgehead atoms. The first kappa shape index (κ1) is 64.7. The topological polar surface area (TPSA) is 15.5 Å². The SMILES string of the molecule is Cc1cc(-c2cc(-c3ccccc3)c(C)cc2C)[n+](C)cc1CC(C)(C)C.Cc1cc(C)c(-c2cc(C(C)C)c(C(C)C)c[n+]2C)cc1-c1ccccc1.[2H]C([2H])([2H])c1cc(C)c(-c2cc(C([2H])(C)C)c(C([2H])(C)C)c[n+]2C)cc1-c1ccccc1.[2H]C([2H])([2H])c1cc(C)c(-c2cc(C([2H])(C)C)c(C([2H])([2H])[2H])c[n+]2C)cc1-c1ccccc1. The van der Waals surface area contributed by atoms with E-state index in [2.05, 4.69) is 216 Å². The van der Waals surface area contributed by atoms with Gasteiger partial charge in [-0.25, -0.2) is 18.3 Å². The molecular weight excluding hydrogens is 1280 g/mol. The highest BCUT2D eigenvalue weighted by molar-refractivity contribution is 5.80. The Bertz CT molecular complexity index is 5390. The van der Waals surface area contributed by atoms with Gasteiger partial charge in [0.05, 0.1) is 0 Å². The van der Waals surface area contributed by atoms with E-state index in [0.29, 0.717) is 39.5 Å². The summed E-state index contributed by atoms with van der Waals surface area (Å²) in [7, 11) is 8.05. The van der Waals surface area contributed by atoms with Crippen molar-refractivity contribution < 1.29 is 34.7 Å². The molecule has 548 valence electrons. The molecule has 8 aromatic carbocycles. The number of hydrogen-bond acceptors (Lipinski definition) is 0. The predicted molar refractivity (Wildman–Crippen MR) is 455 cm³/mol.